The zero-order valence-electron chi connectivity index (χ0n) is 17.1. The minimum Gasteiger partial charge on any atom is -0.459 e. The van der Waals surface area contributed by atoms with Gasteiger partial charge >= 0.3 is 0 Å². The summed E-state index contributed by atoms with van der Waals surface area (Å²) in [6.45, 7) is 2.41. The van der Waals surface area contributed by atoms with Gasteiger partial charge in [-0.05, 0) is 48.6 Å². The van der Waals surface area contributed by atoms with Crippen molar-refractivity contribution in [3.8, 4) is 0 Å². The maximum atomic E-state index is 13.2. The molecule has 1 aliphatic heterocycles. The van der Waals surface area contributed by atoms with Crippen LogP contribution in [0, 0.1) is 0 Å². The third kappa shape index (κ3) is 4.46. The van der Waals surface area contributed by atoms with Crippen molar-refractivity contribution in [1.82, 2.24) is 10.2 Å². The van der Waals surface area contributed by atoms with E-state index in [9.17, 15) is 9.59 Å². The molecule has 0 bridgehead atoms. The molecule has 0 saturated carbocycles. The lowest BCUT2D eigenvalue weighted by atomic mass is 9.93. The van der Waals surface area contributed by atoms with Gasteiger partial charge in [-0.2, -0.15) is 0 Å². The second kappa shape index (κ2) is 8.99. The third-order valence-corrected chi connectivity index (χ3v) is 5.64. The fraction of sp³-hybridized carbons (Fsp3) is 0.280. The van der Waals surface area contributed by atoms with E-state index in [1.54, 1.807) is 17.0 Å². The molecule has 1 aromatic heterocycles. The van der Waals surface area contributed by atoms with Crippen LogP contribution in [0.25, 0.3) is 0 Å². The molecule has 5 heteroatoms. The van der Waals surface area contributed by atoms with Gasteiger partial charge in [0.15, 0.2) is 5.76 Å². The van der Waals surface area contributed by atoms with Crippen molar-refractivity contribution < 1.29 is 14.0 Å². The van der Waals surface area contributed by atoms with Gasteiger partial charge in [-0.1, -0.05) is 54.6 Å². The number of aryl methyl sites for hydroxylation is 1. The van der Waals surface area contributed by atoms with E-state index in [4.69, 9.17) is 4.42 Å². The van der Waals surface area contributed by atoms with E-state index in [-0.39, 0.29) is 23.6 Å². The lowest BCUT2D eigenvalue weighted by Gasteiger charge is -2.36. The number of nitrogens with one attached hydrogen (secondary N) is 1. The van der Waals surface area contributed by atoms with Crippen LogP contribution in [-0.4, -0.2) is 28.8 Å². The molecule has 0 saturated heterocycles. The zero-order chi connectivity index (χ0) is 20.9. The van der Waals surface area contributed by atoms with Gasteiger partial charge in [-0.25, -0.2) is 0 Å². The largest absolute Gasteiger partial charge is 0.459 e. The number of nitrogens with zero attached hydrogens (tertiary/aromatic N) is 1. The number of hydrogen-bond acceptors (Lipinski definition) is 3. The number of carbonyl (C=O) groups is 2. The molecule has 0 spiro atoms. The van der Waals surface area contributed by atoms with E-state index >= 15 is 0 Å². The summed E-state index contributed by atoms with van der Waals surface area (Å²) in [6, 6.07) is 21.0. The zero-order valence-corrected chi connectivity index (χ0v) is 17.1. The summed E-state index contributed by atoms with van der Waals surface area (Å²) in [4.78, 5) is 27.8. The van der Waals surface area contributed by atoms with Crippen LogP contribution in [0.3, 0.4) is 0 Å². The smallest absolute Gasteiger partial charge is 0.290 e. The summed E-state index contributed by atoms with van der Waals surface area (Å²) in [5.41, 5.74) is 3.43. The number of fused-ring (bicyclic) bond motifs is 1. The van der Waals surface area contributed by atoms with Crippen LogP contribution in [-0.2, 0) is 24.2 Å². The van der Waals surface area contributed by atoms with Gasteiger partial charge in [0.05, 0.1) is 6.26 Å². The molecule has 1 aliphatic rings. The highest BCUT2D eigenvalue weighted by Gasteiger charge is 2.36. The minimum atomic E-state index is -0.559. The molecule has 30 heavy (non-hydrogen) atoms. The Morgan fingerprint density at radius 3 is 2.50 bits per heavy atom. The van der Waals surface area contributed by atoms with Gasteiger partial charge < -0.3 is 14.6 Å². The first kappa shape index (κ1) is 20.0. The van der Waals surface area contributed by atoms with E-state index in [0.717, 1.165) is 24.0 Å². The average molecular weight is 402 g/mol. The van der Waals surface area contributed by atoms with Crippen molar-refractivity contribution in [2.75, 3.05) is 0 Å². The molecule has 2 unspecified atom stereocenters. The van der Waals surface area contributed by atoms with E-state index in [1.165, 1.54) is 11.8 Å². The summed E-state index contributed by atoms with van der Waals surface area (Å²) in [6.07, 6.45) is 3.71. The number of amides is 2. The Morgan fingerprint density at radius 2 is 1.77 bits per heavy atom. The quantitative estimate of drug-likeness (QED) is 0.678. The van der Waals surface area contributed by atoms with Crippen LogP contribution < -0.4 is 5.32 Å². The summed E-state index contributed by atoms with van der Waals surface area (Å²) in [7, 11) is 0. The van der Waals surface area contributed by atoms with Crippen molar-refractivity contribution in [1.29, 1.82) is 0 Å². The molecule has 1 N–H and O–H groups in total. The molecular weight excluding hydrogens is 376 g/mol. The predicted octanol–water partition coefficient (Wildman–Crippen LogP) is 3.98. The Kier molecular flexibility index (Phi) is 5.98. The predicted molar refractivity (Wildman–Crippen MR) is 115 cm³/mol. The van der Waals surface area contributed by atoms with Gasteiger partial charge in [-0.15, -0.1) is 0 Å². The maximum Gasteiger partial charge on any atom is 0.290 e. The highest BCUT2D eigenvalue weighted by Crippen LogP contribution is 2.25. The molecule has 154 valence electrons. The van der Waals surface area contributed by atoms with Gasteiger partial charge in [0, 0.05) is 19.0 Å². The van der Waals surface area contributed by atoms with E-state index < -0.39 is 6.04 Å². The Bertz CT molecular complexity index is 998. The number of benzene rings is 2. The fourth-order valence-corrected chi connectivity index (χ4v) is 3.95. The SMILES string of the molecule is CC(CCc1ccccc1)NC(=O)C1Cc2ccccc2CN1C(=O)c1ccco1. The number of rotatable bonds is 6. The lowest BCUT2D eigenvalue weighted by molar-refractivity contribution is -0.126. The van der Waals surface area contributed by atoms with Crippen LogP contribution in [0.1, 0.15) is 40.6 Å². The highest BCUT2D eigenvalue weighted by molar-refractivity contribution is 5.96. The van der Waals surface area contributed by atoms with Crippen molar-refractivity contribution in [3.63, 3.8) is 0 Å². The summed E-state index contributed by atoms with van der Waals surface area (Å²) in [5, 5.41) is 3.12. The Hall–Kier alpha value is -3.34. The molecule has 2 heterocycles. The monoisotopic (exact) mass is 402 g/mol. The Balaban J connectivity index is 1.47. The first-order valence-electron chi connectivity index (χ1n) is 10.4. The van der Waals surface area contributed by atoms with Crippen molar-refractivity contribution in [3.05, 3.63) is 95.4 Å². The Labute approximate surface area is 176 Å². The fourth-order valence-electron chi connectivity index (χ4n) is 3.95. The number of carbonyl (C=O) groups excluding carboxylic acids is 2. The maximum absolute atomic E-state index is 13.2. The highest BCUT2D eigenvalue weighted by atomic mass is 16.3. The molecule has 0 aliphatic carbocycles. The number of furan rings is 1. The van der Waals surface area contributed by atoms with Crippen molar-refractivity contribution in [2.45, 2.75) is 44.8 Å². The molecule has 0 fully saturated rings. The van der Waals surface area contributed by atoms with Gasteiger partial charge in [0.1, 0.15) is 6.04 Å². The van der Waals surface area contributed by atoms with Crippen LogP contribution in [0.2, 0.25) is 0 Å². The molecule has 4 rings (SSSR count). The van der Waals surface area contributed by atoms with Gasteiger partial charge in [-0.3, -0.25) is 9.59 Å². The molecule has 2 atom stereocenters. The van der Waals surface area contributed by atoms with Gasteiger partial charge in [0.2, 0.25) is 5.91 Å². The summed E-state index contributed by atoms with van der Waals surface area (Å²) < 4.78 is 5.31. The Morgan fingerprint density at radius 1 is 1.03 bits per heavy atom. The molecule has 0 radical (unpaired) electrons. The van der Waals surface area contributed by atoms with E-state index in [2.05, 4.69) is 17.4 Å². The minimum absolute atomic E-state index is 0.00967. The molecule has 3 aromatic rings. The summed E-state index contributed by atoms with van der Waals surface area (Å²) >= 11 is 0. The van der Waals surface area contributed by atoms with Crippen molar-refractivity contribution >= 4 is 11.8 Å². The average Bonchev–Trinajstić information content (AvgIpc) is 3.32. The third-order valence-electron chi connectivity index (χ3n) is 5.64. The summed E-state index contributed by atoms with van der Waals surface area (Å²) in [5.74, 6) is -0.124. The standard InChI is InChI=1S/C25H26N2O3/c1-18(13-14-19-8-3-2-4-9-19)26-24(28)22-16-20-10-5-6-11-21(20)17-27(22)25(29)23-12-7-15-30-23/h2-12,15,18,22H,13-14,16-17H2,1H3,(H,26,28). The van der Waals surface area contributed by atoms with Crippen molar-refractivity contribution in [2.24, 2.45) is 0 Å². The topological polar surface area (TPSA) is 62.6 Å². The van der Waals surface area contributed by atoms with Gasteiger partial charge in [0.25, 0.3) is 5.91 Å². The molecule has 2 aromatic carbocycles. The van der Waals surface area contributed by atoms with Crippen LogP contribution in [0.5, 0.6) is 0 Å². The number of hydrogen-bond donors (Lipinski definition) is 1. The second-order valence-electron chi connectivity index (χ2n) is 7.83. The first-order chi connectivity index (χ1) is 14.6. The van der Waals surface area contributed by atoms with Crippen LogP contribution >= 0.6 is 0 Å². The van der Waals surface area contributed by atoms with Crippen LogP contribution in [0.15, 0.2) is 77.4 Å². The normalized spacial score (nSPS) is 16.6. The lowest BCUT2D eigenvalue weighted by Crippen LogP contribution is -2.54. The molecular formula is C25H26N2O3. The molecule has 5 nitrogen and oxygen atoms in total. The second-order valence-corrected chi connectivity index (χ2v) is 7.83. The van der Waals surface area contributed by atoms with E-state index in [0.29, 0.717) is 13.0 Å². The van der Waals surface area contributed by atoms with Crippen LogP contribution in [0.4, 0.5) is 0 Å². The first-order valence-corrected chi connectivity index (χ1v) is 10.4. The molecule has 2 amide bonds. The van der Waals surface area contributed by atoms with E-state index in [1.807, 2.05) is 49.4 Å².